The second kappa shape index (κ2) is 2.22. The first-order chi connectivity index (χ1) is 5.04. The highest BCUT2D eigenvalue weighted by Gasteiger charge is 2.09. The summed E-state index contributed by atoms with van der Waals surface area (Å²) in [5, 5.41) is 8.74. The van der Waals surface area contributed by atoms with Gasteiger partial charge in [-0.2, -0.15) is 4.39 Å². The molecule has 0 saturated heterocycles. The highest BCUT2D eigenvalue weighted by Crippen LogP contribution is 2.03. The third-order valence-corrected chi connectivity index (χ3v) is 1.24. The van der Waals surface area contributed by atoms with Crippen LogP contribution in [0, 0.1) is 5.82 Å². The van der Waals surface area contributed by atoms with E-state index in [9.17, 15) is 14.0 Å². The topological polar surface area (TPSA) is 75.1 Å². The van der Waals surface area contributed by atoms with Gasteiger partial charge in [0.2, 0.25) is 11.7 Å². The SMILES string of the molecule is Cn1c(O)c(F)c(=O)[nH]c1=O. The van der Waals surface area contributed by atoms with Crippen LogP contribution in [0.1, 0.15) is 0 Å². The number of H-pyrrole nitrogens is 1. The second-order valence-electron chi connectivity index (χ2n) is 1.96. The summed E-state index contributed by atoms with van der Waals surface area (Å²) < 4.78 is 13.0. The van der Waals surface area contributed by atoms with Crippen LogP contribution in [0.5, 0.6) is 5.88 Å². The van der Waals surface area contributed by atoms with Gasteiger partial charge in [0.05, 0.1) is 0 Å². The van der Waals surface area contributed by atoms with E-state index in [4.69, 9.17) is 5.11 Å². The van der Waals surface area contributed by atoms with Gasteiger partial charge in [0.15, 0.2) is 0 Å². The molecule has 0 spiro atoms. The number of hydrogen-bond acceptors (Lipinski definition) is 3. The van der Waals surface area contributed by atoms with Crippen molar-refractivity contribution in [2.45, 2.75) is 0 Å². The molecule has 0 aliphatic carbocycles. The van der Waals surface area contributed by atoms with Crippen LogP contribution in [0.3, 0.4) is 0 Å². The minimum absolute atomic E-state index is 0.594. The minimum atomic E-state index is -1.35. The summed E-state index contributed by atoms with van der Waals surface area (Å²) >= 11 is 0. The third-order valence-electron chi connectivity index (χ3n) is 1.24. The third kappa shape index (κ3) is 1.02. The van der Waals surface area contributed by atoms with E-state index in [1.807, 2.05) is 0 Å². The number of aromatic amines is 1. The molecule has 0 aliphatic heterocycles. The Morgan fingerprint density at radius 2 is 2.09 bits per heavy atom. The lowest BCUT2D eigenvalue weighted by Gasteiger charge is -1.98. The van der Waals surface area contributed by atoms with E-state index >= 15 is 0 Å². The van der Waals surface area contributed by atoms with Gasteiger partial charge in [-0.1, -0.05) is 0 Å². The molecule has 11 heavy (non-hydrogen) atoms. The fourth-order valence-electron chi connectivity index (χ4n) is 0.581. The molecule has 1 heterocycles. The second-order valence-corrected chi connectivity index (χ2v) is 1.96. The number of aromatic nitrogens is 2. The molecule has 60 valence electrons. The van der Waals surface area contributed by atoms with E-state index in [0.29, 0.717) is 4.57 Å². The van der Waals surface area contributed by atoms with Crippen LogP contribution < -0.4 is 11.2 Å². The lowest BCUT2D eigenvalue weighted by molar-refractivity contribution is 0.374. The molecule has 5 nitrogen and oxygen atoms in total. The maximum Gasteiger partial charge on any atom is 0.331 e. The zero-order valence-electron chi connectivity index (χ0n) is 5.59. The Morgan fingerprint density at radius 3 is 2.64 bits per heavy atom. The quantitative estimate of drug-likeness (QED) is 0.506. The molecule has 1 rings (SSSR count). The molecule has 0 aromatic carbocycles. The minimum Gasteiger partial charge on any atom is -0.492 e. The molecule has 0 saturated carbocycles. The molecule has 6 heteroatoms. The molecule has 0 unspecified atom stereocenters. The summed E-state index contributed by atoms with van der Waals surface area (Å²) in [5.74, 6) is -2.31. The van der Waals surface area contributed by atoms with E-state index in [2.05, 4.69) is 0 Å². The van der Waals surface area contributed by atoms with Crippen molar-refractivity contribution in [3.05, 3.63) is 26.7 Å². The summed E-state index contributed by atoms with van der Waals surface area (Å²) in [6.07, 6.45) is 0. The van der Waals surface area contributed by atoms with Crippen molar-refractivity contribution >= 4 is 0 Å². The number of nitrogens with one attached hydrogen (secondary N) is 1. The smallest absolute Gasteiger partial charge is 0.331 e. The number of nitrogens with zero attached hydrogens (tertiary/aromatic N) is 1. The zero-order chi connectivity index (χ0) is 8.59. The van der Waals surface area contributed by atoms with Gasteiger partial charge in [-0.3, -0.25) is 14.3 Å². The van der Waals surface area contributed by atoms with Crippen LogP contribution in [0.25, 0.3) is 0 Å². The summed E-state index contributed by atoms with van der Waals surface area (Å²) in [7, 11) is 1.14. The maximum absolute atomic E-state index is 12.4. The predicted octanol–water partition coefficient (Wildman–Crippen LogP) is -1.08. The van der Waals surface area contributed by atoms with Gasteiger partial charge in [-0.05, 0) is 0 Å². The van der Waals surface area contributed by atoms with Crippen molar-refractivity contribution in [3.63, 3.8) is 0 Å². The van der Waals surface area contributed by atoms with Crippen molar-refractivity contribution in [1.29, 1.82) is 0 Å². The molecule has 0 atom stereocenters. The number of halogens is 1. The molecule has 0 radical (unpaired) electrons. The maximum atomic E-state index is 12.4. The number of hydrogen-bond donors (Lipinski definition) is 2. The largest absolute Gasteiger partial charge is 0.492 e. The number of aromatic hydroxyl groups is 1. The summed E-state index contributed by atoms with van der Waals surface area (Å²) in [6.45, 7) is 0. The predicted molar refractivity (Wildman–Crippen MR) is 33.9 cm³/mol. The Labute approximate surface area is 59.7 Å². The summed E-state index contributed by atoms with van der Waals surface area (Å²) in [4.78, 5) is 22.7. The first-order valence-corrected chi connectivity index (χ1v) is 2.72. The first kappa shape index (κ1) is 7.52. The van der Waals surface area contributed by atoms with Crippen molar-refractivity contribution in [2.24, 2.45) is 7.05 Å². The Morgan fingerprint density at radius 1 is 1.55 bits per heavy atom. The fourth-order valence-corrected chi connectivity index (χ4v) is 0.581. The highest BCUT2D eigenvalue weighted by atomic mass is 19.1. The van der Waals surface area contributed by atoms with Gasteiger partial charge in [-0.15, -0.1) is 0 Å². The first-order valence-electron chi connectivity index (χ1n) is 2.72. The molecule has 2 N–H and O–H groups in total. The van der Waals surface area contributed by atoms with Crippen molar-refractivity contribution < 1.29 is 9.50 Å². The normalized spacial score (nSPS) is 10.0. The van der Waals surface area contributed by atoms with Crippen molar-refractivity contribution in [1.82, 2.24) is 9.55 Å². The lowest BCUT2D eigenvalue weighted by Crippen LogP contribution is -2.30. The standard InChI is InChI=1S/C5H5FN2O3/c1-8-4(10)2(6)3(9)7-5(8)11/h10H,1H3,(H,7,9,11). The molecule has 1 aromatic heterocycles. The van der Waals surface area contributed by atoms with E-state index < -0.39 is 22.9 Å². The molecule has 1 aromatic rings. The lowest BCUT2D eigenvalue weighted by atomic mass is 10.6. The van der Waals surface area contributed by atoms with E-state index in [1.165, 1.54) is 0 Å². The summed E-state index contributed by atoms with van der Waals surface area (Å²) in [5.41, 5.74) is -2.07. The van der Waals surface area contributed by atoms with Crippen LogP contribution in [0.2, 0.25) is 0 Å². The van der Waals surface area contributed by atoms with Gasteiger partial charge in [0, 0.05) is 7.05 Å². The molecule has 0 amide bonds. The van der Waals surface area contributed by atoms with E-state index in [0.717, 1.165) is 7.05 Å². The van der Waals surface area contributed by atoms with Gasteiger partial charge in [-0.25, -0.2) is 4.79 Å². The van der Waals surface area contributed by atoms with Gasteiger partial charge in [0.1, 0.15) is 0 Å². The van der Waals surface area contributed by atoms with Crippen LogP contribution >= 0.6 is 0 Å². The average Bonchev–Trinajstić information content (AvgIpc) is 1.97. The van der Waals surface area contributed by atoms with Crippen LogP contribution in [-0.2, 0) is 7.05 Å². The Kier molecular flexibility index (Phi) is 1.52. The Balaban J connectivity index is 3.73. The monoisotopic (exact) mass is 160 g/mol. The fraction of sp³-hybridized carbons (Fsp3) is 0.200. The van der Waals surface area contributed by atoms with Crippen molar-refractivity contribution in [2.75, 3.05) is 0 Å². The van der Waals surface area contributed by atoms with E-state index in [1.54, 1.807) is 4.98 Å². The zero-order valence-corrected chi connectivity index (χ0v) is 5.59. The Hall–Kier alpha value is -1.59. The molecule has 0 bridgehead atoms. The molecule has 0 aliphatic rings. The molecular weight excluding hydrogens is 155 g/mol. The van der Waals surface area contributed by atoms with Crippen molar-refractivity contribution in [3.8, 4) is 5.88 Å². The van der Waals surface area contributed by atoms with E-state index in [-0.39, 0.29) is 0 Å². The number of rotatable bonds is 0. The van der Waals surface area contributed by atoms with Crippen LogP contribution in [-0.4, -0.2) is 14.7 Å². The van der Waals surface area contributed by atoms with Crippen LogP contribution in [0.15, 0.2) is 9.59 Å². The summed E-state index contributed by atoms with van der Waals surface area (Å²) in [6, 6.07) is 0. The molecule has 0 fully saturated rings. The molecular formula is C5H5FN2O3. The van der Waals surface area contributed by atoms with Gasteiger partial charge >= 0.3 is 5.69 Å². The van der Waals surface area contributed by atoms with Crippen LogP contribution in [0.4, 0.5) is 4.39 Å². The highest BCUT2D eigenvalue weighted by molar-refractivity contribution is 5.08. The van der Waals surface area contributed by atoms with Gasteiger partial charge < -0.3 is 5.11 Å². The Bertz CT molecular complexity index is 357. The average molecular weight is 160 g/mol. The van der Waals surface area contributed by atoms with Gasteiger partial charge in [0.25, 0.3) is 5.56 Å².